The van der Waals surface area contributed by atoms with Crippen LogP contribution in [0.3, 0.4) is 0 Å². The molecule has 0 aromatic carbocycles. The maximum absolute atomic E-state index is 11.8. The van der Waals surface area contributed by atoms with Crippen LogP contribution in [0.1, 0.15) is 39.0 Å². The number of hydrogen-bond donors (Lipinski definition) is 3. The first-order chi connectivity index (χ1) is 8.93. The highest BCUT2D eigenvalue weighted by Gasteiger charge is 2.42. The first-order valence-corrected chi connectivity index (χ1v) is 6.40. The molecular weight excluding hydrogens is 252 g/mol. The molecule has 7 nitrogen and oxygen atoms in total. The van der Waals surface area contributed by atoms with Gasteiger partial charge in [-0.1, -0.05) is 19.3 Å². The number of nitrogens with one attached hydrogen (secondary N) is 1. The molecule has 1 atom stereocenters. The van der Waals surface area contributed by atoms with Crippen molar-refractivity contribution in [2.75, 3.05) is 6.61 Å². The summed E-state index contributed by atoms with van der Waals surface area (Å²) in [5.74, 6) is -2.74. The minimum atomic E-state index is -1.49. The zero-order chi connectivity index (χ0) is 14.5. The van der Waals surface area contributed by atoms with Gasteiger partial charge in [-0.15, -0.1) is 0 Å². The number of carbonyl (C=O) groups is 3. The van der Waals surface area contributed by atoms with Gasteiger partial charge >= 0.3 is 11.9 Å². The fraction of sp³-hybridized carbons (Fsp3) is 0.750. The minimum Gasteiger partial charge on any atom is -0.480 e. The first kappa shape index (κ1) is 15.4. The number of carboxylic acids is 1. The van der Waals surface area contributed by atoms with E-state index in [1.165, 1.54) is 0 Å². The van der Waals surface area contributed by atoms with Gasteiger partial charge in [0.25, 0.3) is 0 Å². The molecule has 1 fully saturated rings. The molecule has 1 aliphatic carbocycles. The maximum Gasteiger partial charge on any atom is 0.332 e. The predicted octanol–water partition coefficient (Wildman–Crippen LogP) is -0.219. The van der Waals surface area contributed by atoms with Crippen molar-refractivity contribution in [2.45, 2.75) is 50.6 Å². The van der Waals surface area contributed by atoms with Gasteiger partial charge in [0.15, 0.2) is 6.04 Å². The summed E-state index contributed by atoms with van der Waals surface area (Å²) in [7, 11) is 0. The smallest absolute Gasteiger partial charge is 0.332 e. The highest BCUT2D eigenvalue weighted by molar-refractivity contribution is 6.03. The Labute approximate surface area is 111 Å². The lowest BCUT2D eigenvalue weighted by Gasteiger charge is -2.34. The van der Waals surface area contributed by atoms with Gasteiger partial charge < -0.3 is 20.9 Å². The van der Waals surface area contributed by atoms with Crippen molar-refractivity contribution in [3.05, 3.63) is 0 Å². The van der Waals surface area contributed by atoms with Crippen LogP contribution in [0.2, 0.25) is 0 Å². The predicted molar refractivity (Wildman–Crippen MR) is 66.2 cm³/mol. The molecule has 1 amide bonds. The van der Waals surface area contributed by atoms with E-state index in [1.54, 1.807) is 6.92 Å². The Balaban J connectivity index is 2.71. The number of amides is 1. The van der Waals surface area contributed by atoms with Crippen LogP contribution < -0.4 is 11.1 Å². The molecule has 108 valence electrons. The van der Waals surface area contributed by atoms with Crippen LogP contribution in [0.5, 0.6) is 0 Å². The Kier molecular flexibility index (Phi) is 5.29. The summed E-state index contributed by atoms with van der Waals surface area (Å²) in [5.41, 5.74) is 4.14. The van der Waals surface area contributed by atoms with Crippen molar-refractivity contribution in [1.29, 1.82) is 0 Å². The normalized spacial score (nSPS) is 19.3. The molecule has 0 saturated heterocycles. The lowest BCUT2D eigenvalue weighted by Crippen LogP contribution is -2.60. The molecule has 0 bridgehead atoms. The quantitative estimate of drug-likeness (QED) is 0.470. The van der Waals surface area contributed by atoms with E-state index in [2.05, 4.69) is 10.1 Å². The summed E-state index contributed by atoms with van der Waals surface area (Å²) in [5, 5.41) is 11.7. The second-order valence-corrected chi connectivity index (χ2v) is 4.67. The molecule has 19 heavy (non-hydrogen) atoms. The molecule has 0 aromatic heterocycles. The lowest BCUT2D eigenvalue weighted by atomic mass is 9.81. The number of esters is 1. The van der Waals surface area contributed by atoms with E-state index in [4.69, 9.17) is 5.73 Å². The van der Waals surface area contributed by atoms with Gasteiger partial charge in [-0.2, -0.15) is 0 Å². The number of carbonyl (C=O) groups excluding carboxylic acids is 2. The second kappa shape index (κ2) is 6.51. The van der Waals surface area contributed by atoms with Crippen LogP contribution in [0, 0.1) is 0 Å². The average molecular weight is 272 g/mol. The fourth-order valence-electron chi connectivity index (χ4n) is 2.20. The molecular formula is C12H20N2O5. The highest BCUT2D eigenvalue weighted by atomic mass is 16.5. The van der Waals surface area contributed by atoms with Crippen LogP contribution >= 0.6 is 0 Å². The summed E-state index contributed by atoms with van der Waals surface area (Å²) >= 11 is 0. The topological polar surface area (TPSA) is 119 Å². The molecule has 0 spiro atoms. The number of rotatable bonds is 5. The van der Waals surface area contributed by atoms with Crippen LogP contribution in [0.25, 0.3) is 0 Å². The molecule has 4 N–H and O–H groups in total. The summed E-state index contributed by atoms with van der Waals surface area (Å²) in [4.78, 5) is 34.5. The molecule has 0 aromatic rings. The van der Waals surface area contributed by atoms with Crippen molar-refractivity contribution in [1.82, 2.24) is 5.32 Å². The SMILES string of the molecule is CCOC(=O)C(N)C(=O)NC1(C(=O)O)CCCCC1. The van der Waals surface area contributed by atoms with Crippen LogP contribution in [0.15, 0.2) is 0 Å². The van der Waals surface area contributed by atoms with Gasteiger partial charge in [0, 0.05) is 0 Å². The van der Waals surface area contributed by atoms with Crippen molar-refractivity contribution in [3.63, 3.8) is 0 Å². The molecule has 0 heterocycles. The van der Waals surface area contributed by atoms with Crippen molar-refractivity contribution < 1.29 is 24.2 Å². The van der Waals surface area contributed by atoms with Crippen LogP contribution in [-0.2, 0) is 19.1 Å². The van der Waals surface area contributed by atoms with E-state index >= 15 is 0 Å². The Morgan fingerprint density at radius 1 is 1.32 bits per heavy atom. The number of hydrogen-bond acceptors (Lipinski definition) is 5. The number of nitrogens with two attached hydrogens (primary N) is 1. The zero-order valence-corrected chi connectivity index (χ0v) is 11.0. The standard InChI is InChI=1S/C12H20N2O5/c1-2-19-10(16)8(13)9(15)14-12(11(17)18)6-4-3-5-7-12/h8H,2-7,13H2,1H3,(H,14,15)(H,17,18). The molecule has 1 saturated carbocycles. The average Bonchev–Trinajstić information content (AvgIpc) is 2.39. The third-order valence-electron chi connectivity index (χ3n) is 3.30. The van der Waals surface area contributed by atoms with Crippen LogP contribution in [0.4, 0.5) is 0 Å². The van der Waals surface area contributed by atoms with Crippen molar-refractivity contribution in [3.8, 4) is 0 Å². The summed E-state index contributed by atoms with van der Waals surface area (Å²) < 4.78 is 4.64. The molecule has 0 radical (unpaired) electrons. The van der Waals surface area contributed by atoms with Crippen molar-refractivity contribution >= 4 is 17.8 Å². The molecule has 1 unspecified atom stereocenters. The Bertz CT molecular complexity index is 363. The van der Waals surface area contributed by atoms with E-state index in [-0.39, 0.29) is 6.61 Å². The van der Waals surface area contributed by atoms with E-state index in [1.807, 2.05) is 0 Å². The van der Waals surface area contributed by atoms with E-state index in [0.717, 1.165) is 19.3 Å². The van der Waals surface area contributed by atoms with Gasteiger partial charge in [-0.05, 0) is 19.8 Å². The number of aliphatic carboxylic acids is 1. The Hall–Kier alpha value is -1.63. The fourth-order valence-corrected chi connectivity index (χ4v) is 2.20. The van der Waals surface area contributed by atoms with Crippen molar-refractivity contribution in [2.24, 2.45) is 5.73 Å². The lowest BCUT2D eigenvalue weighted by molar-refractivity contribution is -0.153. The van der Waals surface area contributed by atoms with E-state index < -0.39 is 29.4 Å². The minimum absolute atomic E-state index is 0.115. The van der Waals surface area contributed by atoms with E-state index in [0.29, 0.717) is 12.8 Å². The summed E-state index contributed by atoms with van der Waals surface area (Å²) in [6, 6.07) is -1.49. The number of carboxylic acid groups (broad SMARTS) is 1. The molecule has 1 aliphatic rings. The third kappa shape index (κ3) is 3.66. The summed E-state index contributed by atoms with van der Waals surface area (Å²) in [6.45, 7) is 1.71. The van der Waals surface area contributed by atoms with Gasteiger partial charge in [-0.25, -0.2) is 9.59 Å². The monoisotopic (exact) mass is 272 g/mol. The molecule has 0 aliphatic heterocycles. The van der Waals surface area contributed by atoms with Gasteiger partial charge in [-0.3, -0.25) is 4.79 Å². The molecule has 1 rings (SSSR count). The zero-order valence-electron chi connectivity index (χ0n) is 11.0. The largest absolute Gasteiger partial charge is 0.480 e. The first-order valence-electron chi connectivity index (χ1n) is 6.40. The summed E-state index contributed by atoms with van der Waals surface area (Å²) in [6.07, 6.45) is 3.09. The highest BCUT2D eigenvalue weighted by Crippen LogP contribution is 2.28. The number of ether oxygens (including phenoxy) is 1. The van der Waals surface area contributed by atoms with Gasteiger partial charge in [0.2, 0.25) is 5.91 Å². The van der Waals surface area contributed by atoms with E-state index in [9.17, 15) is 19.5 Å². The molecule has 7 heteroatoms. The van der Waals surface area contributed by atoms with Gasteiger partial charge in [0.1, 0.15) is 5.54 Å². The van der Waals surface area contributed by atoms with Gasteiger partial charge in [0.05, 0.1) is 6.61 Å². The maximum atomic E-state index is 11.8. The van der Waals surface area contributed by atoms with Crippen LogP contribution in [-0.4, -0.2) is 41.1 Å². The third-order valence-corrected chi connectivity index (χ3v) is 3.30. The second-order valence-electron chi connectivity index (χ2n) is 4.67. The Morgan fingerprint density at radius 2 is 1.89 bits per heavy atom. The Morgan fingerprint density at radius 3 is 2.37 bits per heavy atom.